The molecule has 0 fully saturated rings. The number of ether oxygens (including phenoxy) is 1. The minimum Gasteiger partial charge on any atom is -0.462 e. The molecule has 1 aromatic heterocycles. The fourth-order valence-corrected chi connectivity index (χ4v) is 1.13. The van der Waals surface area contributed by atoms with Gasteiger partial charge in [0.15, 0.2) is 0 Å². The van der Waals surface area contributed by atoms with Crippen LogP contribution in [0.25, 0.3) is 0 Å². The highest BCUT2D eigenvalue weighted by atomic mass is 19.4. The van der Waals surface area contributed by atoms with Crippen LogP contribution in [0.5, 0.6) is 0 Å². The molecule has 0 aliphatic heterocycles. The molecule has 0 aromatic carbocycles. The Morgan fingerprint density at radius 2 is 2.13 bits per heavy atom. The summed E-state index contributed by atoms with van der Waals surface area (Å²) in [7, 11) is 0. The van der Waals surface area contributed by atoms with Gasteiger partial charge in [-0.2, -0.15) is 13.2 Å². The first-order valence-corrected chi connectivity index (χ1v) is 4.30. The van der Waals surface area contributed by atoms with E-state index in [0.29, 0.717) is 0 Å². The normalized spacial score (nSPS) is 11.5. The quantitative estimate of drug-likeness (QED) is 0.779. The van der Waals surface area contributed by atoms with Gasteiger partial charge in [0, 0.05) is 5.69 Å². The van der Waals surface area contributed by atoms with Gasteiger partial charge in [0.2, 0.25) is 0 Å². The molecule has 1 heterocycles. The molecule has 0 amide bonds. The third-order valence-corrected chi connectivity index (χ3v) is 1.82. The zero-order chi connectivity index (χ0) is 11.6. The average Bonchev–Trinajstić information content (AvgIpc) is 2.47. The second-order valence-electron chi connectivity index (χ2n) is 2.94. The van der Waals surface area contributed by atoms with Crippen LogP contribution in [-0.2, 0) is 10.9 Å². The molecule has 0 saturated carbocycles. The van der Waals surface area contributed by atoms with Gasteiger partial charge in [-0.1, -0.05) is 0 Å². The van der Waals surface area contributed by atoms with Crippen molar-refractivity contribution in [1.29, 1.82) is 0 Å². The Hall–Kier alpha value is -1.46. The van der Waals surface area contributed by atoms with Crippen molar-refractivity contribution >= 4 is 5.97 Å². The van der Waals surface area contributed by atoms with Crippen molar-refractivity contribution in [1.82, 2.24) is 4.98 Å². The fourth-order valence-electron chi connectivity index (χ4n) is 1.13. The van der Waals surface area contributed by atoms with Crippen LogP contribution in [0.4, 0.5) is 13.2 Å². The Kier molecular flexibility index (Phi) is 3.06. The topological polar surface area (TPSA) is 42.1 Å². The first kappa shape index (κ1) is 11.6. The number of rotatable bonds is 2. The van der Waals surface area contributed by atoms with Crippen molar-refractivity contribution < 1.29 is 22.7 Å². The van der Waals surface area contributed by atoms with Gasteiger partial charge in [-0.25, -0.2) is 4.79 Å². The Bertz CT molecular complexity index is 368. The molecule has 3 nitrogen and oxygen atoms in total. The third kappa shape index (κ3) is 2.51. The van der Waals surface area contributed by atoms with E-state index in [0.717, 1.165) is 6.07 Å². The molecule has 0 unspecified atom stereocenters. The molecule has 0 spiro atoms. The lowest BCUT2D eigenvalue weighted by atomic mass is 10.2. The molecular weight excluding hydrogens is 211 g/mol. The lowest BCUT2D eigenvalue weighted by Gasteiger charge is -2.01. The van der Waals surface area contributed by atoms with E-state index in [9.17, 15) is 18.0 Å². The summed E-state index contributed by atoms with van der Waals surface area (Å²) in [4.78, 5) is 13.3. The molecule has 6 heteroatoms. The van der Waals surface area contributed by atoms with Crippen LogP contribution >= 0.6 is 0 Å². The number of hydrogen-bond acceptors (Lipinski definition) is 2. The van der Waals surface area contributed by atoms with Crippen molar-refractivity contribution in [3.05, 3.63) is 23.0 Å². The van der Waals surface area contributed by atoms with Crippen LogP contribution in [0.2, 0.25) is 0 Å². The summed E-state index contributed by atoms with van der Waals surface area (Å²) in [6, 6.07) is 0.757. The summed E-state index contributed by atoms with van der Waals surface area (Å²) in [6.45, 7) is 3.11. The monoisotopic (exact) mass is 221 g/mol. The van der Waals surface area contributed by atoms with Crippen LogP contribution in [0.3, 0.4) is 0 Å². The number of aryl methyl sites for hydroxylation is 1. The van der Waals surface area contributed by atoms with Crippen LogP contribution in [-0.4, -0.2) is 17.6 Å². The highest BCUT2D eigenvalue weighted by Gasteiger charge is 2.34. The largest absolute Gasteiger partial charge is 0.462 e. The van der Waals surface area contributed by atoms with Crippen LogP contribution in [0.15, 0.2) is 6.07 Å². The van der Waals surface area contributed by atoms with Crippen molar-refractivity contribution in [2.45, 2.75) is 20.0 Å². The first-order chi connectivity index (χ1) is 6.86. The van der Waals surface area contributed by atoms with E-state index in [2.05, 4.69) is 9.72 Å². The molecule has 0 bridgehead atoms. The van der Waals surface area contributed by atoms with Gasteiger partial charge in [-0.05, 0) is 19.9 Å². The molecule has 0 aliphatic carbocycles. The van der Waals surface area contributed by atoms with Gasteiger partial charge in [0.05, 0.1) is 12.2 Å². The fraction of sp³-hybridized carbons (Fsp3) is 0.444. The maximum atomic E-state index is 12.2. The maximum Gasteiger partial charge on any atom is 0.431 e. The van der Waals surface area contributed by atoms with E-state index < -0.39 is 17.8 Å². The van der Waals surface area contributed by atoms with Gasteiger partial charge >= 0.3 is 12.1 Å². The number of H-pyrrole nitrogens is 1. The van der Waals surface area contributed by atoms with Crippen molar-refractivity contribution in [3.8, 4) is 0 Å². The second-order valence-corrected chi connectivity index (χ2v) is 2.94. The van der Waals surface area contributed by atoms with E-state index in [1.54, 1.807) is 6.92 Å². The number of carbonyl (C=O) groups is 1. The van der Waals surface area contributed by atoms with E-state index in [1.807, 2.05) is 0 Å². The molecule has 0 atom stereocenters. The zero-order valence-electron chi connectivity index (χ0n) is 8.23. The minimum absolute atomic E-state index is 0.0795. The number of hydrogen-bond donors (Lipinski definition) is 1. The van der Waals surface area contributed by atoms with Gasteiger partial charge in [0.25, 0.3) is 0 Å². The SMILES string of the molecule is CCOC(=O)c1cc(C(F)(F)F)[nH]c1C. The van der Waals surface area contributed by atoms with E-state index in [4.69, 9.17) is 0 Å². The molecular formula is C9H10F3NO2. The number of aromatic nitrogens is 1. The number of aromatic amines is 1. The molecule has 0 aliphatic rings. The summed E-state index contributed by atoms with van der Waals surface area (Å²) in [5.74, 6) is -0.748. The van der Waals surface area contributed by atoms with E-state index in [-0.39, 0.29) is 17.9 Å². The van der Waals surface area contributed by atoms with Crippen molar-refractivity contribution in [2.24, 2.45) is 0 Å². The number of nitrogens with one attached hydrogen (secondary N) is 1. The summed E-state index contributed by atoms with van der Waals surface area (Å²) < 4.78 is 41.3. The lowest BCUT2D eigenvalue weighted by molar-refractivity contribution is -0.140. The highest BCUT2D eigenvalue weighted by molar-refractivity contribution is 5.91. The van der Waals surface area contributed by atoms with E-state index >= 15 is 0 Å². The van der Waals surface area contributed by atoms with Crippen molar-refractivity contribution in [2.75, 3.05) is 6.61 Å². The summed E-state index contributed by atoms with van der Waals surface area (Å²) in [5, 5.41) is 0. The van der Waals surface area contributed by atoms with Crippen LogP contribution < -0.4 is 0 Å². The standard InChI is InChI=1S/C9H10F3NO2/c1-3-15-8(14)6-4-7(9(10,11)12)13-5(6)2/h4,13H,3H2,1-2H3. The second kappa shape index (κ2) is 3.96. The van der Waals surface area contributed by atoms with Crippen LogP contribution in [0, 0.1) is 6.92 Å². The predicted molar refractivity (Wildman–Crippen MR) is 46.5 cm³/mol. The van der Waals surface area contributed by atoms with Crippen LogP contribution in [0.1, 0.15) is 28.7 Å². The van der Waals surface area contributed by atoms with Gasteiger partial charge in [-0.15, -0.1) is 0 Å². The number of carbonyl (C=O) groups excluding carboxylic acids is 1. The number of alkyl halides is 3. The maximum absolute atomic E-state index is 12.2. The summed E-state index contributed by atoms with van der Waals surface area (Å²) >= 11 is 0. The Labute approximate surface area is 84.2 Å². The lowest BCUT2D eigenvalue weighted by Crippen LogP contribution is -2.05. The summed E-state index contributed by atoms with van der Waals surface area (Å²) in [6.07, 6.45) is -4.48. The predicted octanol–water partition coefficient (Wildman–Crippen LogP) is 2.52. The van der Waals surface area contributed by atoms with Gasteiger partial charge in [-0.3, -0.25) is 0 Å². The number of halogens is 3. The third-order valence-electron chi connectivity index (χ3n) is 1.82. The highest BCUT2D eigenvalue weighted by Crippen LogP contribution is 2.30. The molecule has 1 N–H and O–H groups in total. The van der Waals surface area contributed by atoms with Gasteiger partial charge < -0.3 is 9.72 Å². The van der Waals surface area contributed by atoms with Crippen molar-refractivity contribution in [3.63, 3.8) is 0 Å². The number of esters is 1. The zero-order valence-corrected chi connectivity index (χ0v) is 8.23. The Morgan fingerprint density at radius 3 is 2.53 bits per heavy atom. The van der Waals surface area contributed by atoms with E-state index in [1.165, 1.54) is 6.92 Å². The van der Waals surface area contributed by atoms with Gasteiger partial charge in [0.1, 0.15) is 5.69 Å². The molecule has 1 rings (SSSR count). The molecule has 84 valence electrons. The molecule has 15 heavy (non-hydrogen) atoms. The average molecular weight is 221 g/mol. The summed E-state index contributed by atoms with van der Waals surface area (Å²) in [5.41, 5.74) is -0.868. The smallest absolute Gasteiger partial charge is 0.431 e. The first-order valence-electron chi connectivity index (χ1n) is 4.30. The Balaban J connectivity index is 3.02. The minimum atomic E-state index is -4.48. The Morgan fingerprint density at radius 1 is 1.53 bits per heavy atom. The molecule has 0 radical (unpaired) electrons. The molecule has 0 saturated heterocycles. The molecule has 1 aromatic rings.